The van der Waals surface area contributed by atoms with Crippen LogP contribution in [0.15, 0.2) is 27.7 Å². The number of rotatable bonds is 1. The van der Waals surface area contributed by atoms with E-state index in [1.54, 1.807) is 0 Å². The minimum Gasteiger partial charge on any atom is -0.277 e. The lowest BCUT2D eigenvalue weighted by molar-refractivity contribution is 0.609. The molecular weight excluding hydrogens is 292 g/mol. The predicted octanol–water partition coefficient (Wildman–Crippen LogP) is 2.25. The fraction of sp³-hybridized carbons (Fsp3) is 0. The molecule has 0 aliphatic carbocycles. The van der Waals surface area contributed by atoms with Crippen molar-refractivity contribution in [2.75, 3.05) is 0 Å². The number of aromatic nitrogens is 2. The highest BCUT2D eigenvalue weighted by molar-refractivity contribution is 9.10. The average molecular weight is 296 g/mol. The first-order valence-corrected chi connectivity index (χ1v) is 6.66. The summed E-state index contributed by atoms with van der Waals surface area (Å²) in [6, 6.07) is 2.90. The SMILES string of the molecule is O=S(=O)(Cl)c1cc(Br)c2[nH]ncc2c1. The third-order valence-corrected chi connectivity index (χ3v) is 3.71. The van der Waals surface area contributed by atoms with Crippen molar-refractivity contribution >= 4 is 46.6 Å². The first-order chi connectivity index (χ1) is 6.48. The molecule has 7 heteroatoms. The molecule has 0 atom stereocenters. The monoisotopic (exact) mass is 294 g/mol. The van der Waals surface area contributed by atoms with Gasteiger partial charge in [0.1, 0.15) is 0 Å². The summed E-state index contributed by atoms with van der Waals surface area (Å²) in [7, 11) is 1.52. The Balaban J connectivity index is 2.83. The van der Waals surface area contributed by atoms with Gasteiger partial charge in [0.25, 0.3) is 9.05 Å². The van der Waals surface area contributed by atoms with Gasteiger partial charge in [0, 0.05) is 20.5 Å². The molecule has 0 amide bonds. The molecular formula is C7H4BrClN2O2S. The molecule has 0 saturated carbocycles. The zero-order valence-electron chi connectivity index (χ0n) is 6.66. The number of fused-ring (bicyclic) bond motifs is 1. The van der Waals surface area contributed by atoms with E-state index in [1.807, 2.05) is 0 Å². The minimum absolute atomic E-state index is 0.0555. The summed E-state index contributed by atoms with van der Waals surface area (Å²) in [4.78, 5) is 0.0555. The summed E-state index contributed by atoms with van der Waals surface area (Å²) in [5.74, 6) is 0. The van der Waals surface area contributed by atoms with Gasteiger partial charge < -0.3 is 0 Å². The summed E-state index contributed by atoms with van der Waals surface area (Å²) < 4.78 is 22.7. The fourth-order valence-electron chi connectivity index (χ4n) is 1.13. The number of halogens is 2. The number of nitrogens with one attached hydrogen (secondary N) is 1. The molecule has 74 valence electrons. The molecule has 0 aliphatic rings. The van der Waals surface area contributed by atoms with Crippen LogP contribution >= 0.6 is 26.6 Å². The lowest BCUT2D eigenvalue weighted by atomic mass is 10.3. The number of aromatic amines is 1. The highest BCUT2D eigenvalue weighted by atomic mass is 79.9. The summed E-state index contributed by atoms with van der Waals surface area (Å²) in [6.07, 6.45) is 1.53. The third-order valence-electron chi connectivity index (χ3n) is 1.76. The molecule has 0 spiro atoms. The van der Waals surface area contributed by atoms with Crippen LogP contribution in [0.2, 0.25) is 0 Å². The van der Waals surface area contributed by atoms with Gasteiger partial charge in [-0.2, -0.15) is 5.10 Å². The lowest BCUT2D eigenvalue weighted by Crippen LogP contribution is -1.90. The smallest absolute Gasteiger partial charge is 0.261 e. The lowest BCUT2D eigenvalue weighted by Gasteiger charge is -1.98. The van der Waals surface area contributed by atoms with Crippen molar-refractivity contribution in [1.29, 1.82) is 0 Å². The first kappa shape index (κ1) is 9.95. The van der Waals surface area contributed by atoms with E-state index >= 15 is 0 Å². The maximum atomic E-state index is 11.1. The summed E-state index contributed by atoms with van der Waals surface area (Å²) >= 11 is 3.22. The van der Waals surface area contributed by atoms with Crippen molar-refractivity contribution in [2.24, 2.45) is 0 Å². The van der Waals surface area contributed by atoms with Gasteiger partial charge in [-0.15, -0.1) is 0 Å². The van der Waals surface area contributed by atoms with Crippen molar-refractivity contribution in [1.82, 2.24) is 10.2 Å². The average Bonchev–Trinajstić information content (AvgIpc) is 2.50. The molecule has 0 bridgehead atoms. The molecule has 1 N–H and O–H groups in total. The maximum Gasteiger partial charge on any atom is 0.261 e. The number of H-pyrrole nitrogens is 1. The molecule has 0 aliphatic heterocycles. The quantitative estimate of drug-likeness (QED) is 0.821. The van der Waals surface area contributed by atoms with Gasteiger partial charge in [0.05, 0.1) is 16.6 Å². The molecule has 1 heterocycles. The molecule has 14 heavy (non-hydrogen) atoms. The zero-order valence-corrected chi connectivity index (χ0v) is 9.82. The Hall–Kier alpha value is -0.590. The molecule has 2 aromatic rings. The summed E-state index contributed by atoms with van der Waals surface area (Å²) in [6.45, 7) is 0. The van der Waals surface area contributed by atoms with Crippen LogP contribution in [-0.4, -0.2) is 18.6 Å². The normalized spacial score (nSPS) is 12.1. The molecule has 1 aromatic heterocycles. The Labute approximate surface area is 92.8 Å². The number of hydrogen-bond acceptors (Lipinski definition) is 3. The molecule has 2 rings (SSSR count). The minimum atomic E-state index is -3.69. The fourth-order valence-corrected chi connectivity index (χ4v) is 2.64. The van der Waals surface area contributed by atoms with Gasteiger partial charge in [0.2, 0.25) is 0 Å². The highest BCUT2D eigenvalue weighted by Crippen LogP contribution is 2.27. The highest BCUT2D eigenvalue weighted by Gasteiger charge is 2.13. The summed E-state index contributed by atoms with van der Waals surface area (Å²) in [5.41, 5.74) is 0.745. The van der Waals surface area contributed by atoms with Crippen molar-refractivity contribution < 1.29 is 8.42 Å². The van der Waals surface area contributed by atoms with E-state index in [4.69, 9.17) is 10.7 Å². The number of nitrogens with zero attached hydrogens (tertiary/aromatic N) is 1. The van der Waals surface area contributed by atoms with E-state index in [0.717, 1.165) is 5.52 Å². The Bertz CT molecular complexity index is 593. The van der Waals surface area contributed by atoms with E-state index in [-0.39, 0.29) is 4.90 Å². The largest absolute Gasteiger partial charge is 0.277 e. The Morgan fingerprint density at radius 3 is 2.79 bits per heavy atom. The van der Waals surface area contributed by atoms with Crippen molar-refractivity contribution in [3.8, 4) is 0 Å². The Morgan fingerprint density at radius 2 is 2.14 bits per heavy atom. The molecule has 0 fully saturated rings. The van der Waals surface area contributed by atoms with Crippen LogP contribution in [0.25, 0.3) is 10.9 Å². The zero-order chi connectivity index (χ0) is 10.3. The van der Waals surface area contributed by atoms with Crippen LogP contribution in [0, 0.1) is 0 Å². The van der Waals surface area contributed by atoms with Crippen LogP contribution in [0.1, 0.15) is 0 Å². The predicted molar refractivity (Wildman–Crippen MR) is 56.8 cm³/mol. The van der Waals surface area contributed by atoms with Gasteiger partial charge in [-0.3, -0.25) is 5.10 Å². The Kier molecular flexibility index (Phi) is 2.29. The van der Waals surface area contributed by atoms with Crippen LogP contribution in [0.5, 0.6) is 0 Å². The van der Waals surface area contributed by atoms with E-state index in [0.29, 0.717) is 9.86 Å². The van der Waals surface area contributed by atoms with Crippen LogP contribution < -0.4 is 0 Å². The molecule has 4 nitrogen and oxygen atoms in total. The first-order valence-electron chi connectivity index (χ1n) is 3.56. The Morgan fingerprint density at radius 1 is 1.43 bits per heavy atom. The standard InChI is InChI=1S/C7H4BrClN2O2S/c8-6-2-5(14(9,12)13)1-4-3-10-11-7(4)6/h1-3H,(H,10,11). The topological polar surface area (TPSA) is 62.8 Å². The second-order valence-corrected chi connectivity index (χ2v) is 6.10. The van der Waals surface area contributed by atoms with Gasteiger partial charge in [-0.05, 0) is 28.1 Å². The molecule has 0 saturated heterocycles. The van der Waals surface area contributed by atoms with E-state index in [9.17, 15) is 8.42 Å². The van der Waals surface area contributed by atoms with E-state index in [2.05, 4.69) is 26.1 Å². The molecule has 1 aromatic carbocycles. The maximum absolute atomic E-state index is 11.1. The van der Waals surface area contributed by atoms with E-state index in [1.165, 1.54) is 18.3 Å². The molecule has 0 unspecified atom stereocenters. The van der Waals surface area contributed by atoms with Gasteiger partial charge in [-0.25, -0.2) is 8.42 Å². The van der Waals surface area contributed by atoms with Crippen LogP contribution in [-0.2, 0) is 9.05 Å². The van der Waals surface area contributed by atoms with Gasteiger partial charge in [-0.1, -0.05) is 0 Å². The molecule has 0 radical (unpaired) electrons. The van der Waals surface area contributed by atoms with Gasteiger partial charge >= 0.3 is 0 Å². The number of hydrogen-bond donors (Lipinski definition) is 1. The van der Waals surface area contributed by atoms with Crippen LogP contribution in [0.3, 0.4) is 0 Å². The van der Waals surface area contributed by atoms with Crippen molar-refractivity contribution in [3.63, 3.8) is 0 Å². The summed E-state index contributed by atoms with van der Waals surface area (Å²) in [5, 5.41) is 7.22. The second-order valence-electron chi connectivity index (χ2n) is 2.68. The van der Waals surface area contributed by atoms with E-state index < -0.39 is 9.05 Å². The van der Waals surface area contributed by atoms with Crippen molar-refractivity contribution in [3.05, 3.63) is 22.8 Å². The van der Waals surface area contributed by atoms with Gasteiger partial charge in [0.15, 0.2) is 0 Å². The number of benzene rings is 1. The third kappa shape index (κ3) is 1.65. The second kappa shape index (κ2) is 3.22. The van der Waals surface area contributed by atoms with Crippen LogP contribution in [0.4, 0.5) is 0 Å². The van der Waals surface area contributed by atoms with Crippen molar-refractivity contribution in [2.45, 2.75) is 4.90 Å².